The van der Waals surface area contributed by atoms with Gasteiger partial charge >= 0.3 is 0 Å². The summed E-state index contributed by atoms with van der Waals surface area (Å²) in [5.41, 5.74) is 18.8. The van der Waals surface area contributed by atoms with Gasteiger partial charge in [-0.3, -0.25) is 0 Å². The molecule has 0 nitrogen and oxygen atoms in total. The molecule has 6 aromatic rings. The van der Waals surface area contributed by atoms with E-state index in [4.69, 9.17) is 0 Å². The van der Waals surface area contributed by atoms with E-state index in [1.165, 1.54) is 87.7 Å². The largest absolute Gasteiger partial charge is 0.0620 e. The summed E-state index contributed by atoms with van der Waals surface area (Å²) in [4.78, 5) is 0. The normalized spacial score (nSPS) is 15.4. The van der Waals surface area contributed by atoms with Crippen molar-refractivity contribution in [3.05, 3.63) is 212 Å². The van der Waals surface area contributed by atoms with Gasteiger partial charge in [-0.05, 0) is 122 Å². The zero-order valence-corrected chi connectivity index (χ0v) is 35.4. The highest BCUT2D eigenvalue weighted by Gasteiger charge is 2.34. The van der Waals surface area contributed by atoms with Crippen LogP contribution in [-0.4, -0.2) is 0 Å². The molecule has 0 bridgehead atoms. The lowest BCUT2D eigenvalue weighted by Gasteiger charge is -2.37. The van der Waals surface area contributed by atoms with Crippen molar-refractivity contribution in [3.63, 3.8) is 0 Å². The molecule has 9 rings (SSSR count). The third kappa shape index (κ3) is 8.51. The van der Waals surface area contributed by atoms with E-state index < -0.39 is 0 Å². The molecule has 288 valence electrons. The minimum Gasteiger partial charge on any atom is -0.0620 e. The minimum atomic E-state index is 0.240. The summed E-state index contributed by atoms with van der Waals surface area (Å²) in [5.74, 6) is 2.21. The standard InChI is InChI=1S/C20H24.2C18H20/c1-20(2,3)19-17-13-6-4-9-15(17)11-8-12-16-10-5-7-14-18(16)19;1-18(2,3)17-15-10-6-4-8-13(15)12-14-9-5-7-11-16(14)17;1-13(2)18-16-9-5-3-7-14(16)11-12-15-8-4-6-10-17(15)18/h4-7,9-10,13-14,19H,8,11-12H2,1-3H3;4-11,17H,12H2,1-3H3;3-10,13,18H,11-12H2,1-2H3. The average Bonchev–Trinajstić information content (AvgIpc) is 3.34. The van der Waals surface area contributed by atoms with E-state index in [1.807, 2.05) is 0 Å². The molecule has 56 heavy (non-hydrogen) atoms. The maximum Gasteiger partial charge on any atom is 0.0144 e. The fraction of sp³-hybridized carbons (Fsp3) is 0.357. The average molecular weight is 737 g/mol. The summed E-state index contributed by atoms with van der Waals surface area (Å²) in [6, 6.07) is 53.9. The van der Waals surface area contributed by atoms with Gasteiger partial charge in [0.05, 0.1) is 0 Å². The molecule has 0 heterocycles. The monoisotopic (exact) mass is 737 g/mol. The van der Waals surface area contributed by atoms with Crippen molar-refractivity contribution in [1.29, 1.82) is 0 Å². The van der Waals surface area contributed by atoms with Crippen LogP contribution in [-0.2, 0) is 32.1 Å². The Bertz CT molecular complexity index is 2090. The molecule has 0 aliphatic heterocycles. The lowest BCUT2D eigenvalue weighted by atomic mass is 9.67. The molecular weight excluding hydrogens is 673 g/mol. The van der Waals surface area contributed by atoms with Crippen LogP contribution in [0.25, 0.3) is 0 Å². The fourth-order valence-electron chi connectivity index (χ4n) is 10.2. The van der Waals surface area contributed by atoms with Gasteiger partial charge in [0.1, 0.15) is 0 Å². The smallest absolute Gasteiger partial charge is 0.0144 e. The quantitative estimate of drug-likeness (QED) is 0.158. The molecule has 0 fully saturated rings. The second kappa shape index (κ2) is 16.8. The zero-order valence-electron chi connectivity index (χ0n) is 35.4. The maximum atomic E-state index is 2.37. The fourth-order valence-corrected chi connectivity index (χ4v) is 10.2. The number of hydrogen-bond acceptors (Lipinski definition) is 0. The molecular formula is C56H64. The lowest BCUT2D eigenvalue weighted by molar-refractivity contribution is 0.353. The van der Waals surface area contributed by atoms with E-state index in [2.05, 4.69) is 201 Å². The van der Waals surface area contributed by atoms with Crippen molar-refractivity contribution in [2.45, 2.75) is 112 Å². The van der Waals surface area contributed by atoms with E-state index in [9.17, 15) is 0 Å². The Hall–Kier alpha value is -4.68. The van der Waals surface area contributed by atoms with Crippen LogP contribution >= 0.6 is 0 Å². The van der Waals surface area contributed by atoms with Gasteiger partial charge in [0, 0.05) is 17.8 Å². The first kappa shape index (κ1) is 39.6. The van der Waals surface area contributed by atoms with E-state index in [0.717, 1.165) is 6.42 Å². The number of aryl methyl sites for hydroxylation is 4. The van der Waals surface area contributed by atoms with Gasteiger partial charge in [0.25, 0.3) is 0 Å². The third-order valence-electron chi connectivity index (χ3n) is 12.6. The van der Waals surface area contributed by atoms with Crippen molar-refractivity contribution in [2.75, 3.05) is 0 Å². The molecule has 0 saturated heterocycles. The van der Waals surface area contributed by atoms with Crippen LogP contribution in [0.15, 0.2) is 146 Å². The Morgan fingerprint density at radius 3 is 0.946 bits per heavy atom. The molecule has 0 N–H and O–H groups in total. The van der Waals surface area contributed by atoms with Crippen molar-refractivity contribution in [2.24, 2.45) is 16.7 Å². The van der Waals surface area contributed by atoms with Crippen LogP contribution in [0.2, 0.25) is 0 Å². The molecule has 3 aliphatic rings. The molecule has 0 heteroatoms. The number of hydrogen-bond donors (Lipinski definition) is 0. The Morgan fingerprint density at radius 2 is 0.625 bits per heavy atom. The first-order valence-electron chi connectivity index (χ1n) is 21.4. The van der Waals surface area contributed by atoms with E-state index in [0.29, 0.717) is 23.7 Å². The van der Waals surface area contributed by atoms with E-state index >= 15 is 0 Å². The van der Waals surface area contributed by atoms with Crippen LogP contribution in [0.4, 0.5) is 0 Å². The van der Waals surface area contributed by atoms with Crippen molar-refractivity contribution in [1.82, 2.24) is 0 Å². The van der Waals surface area contributed by atoms with Crippen LogP contribution in [0.5, 0.6) is 0 Å². The molecule has 0 aromatic heterocycles. The topological polar surface area (TPSA) is 0 Å². The van der Waals surface area contributed by atoms with E-state index in [1.54, 1.807) is 11.1 Å². The van der Waals surface area contributed by atoms with Crippen molar-refractivity contribution >= 4 is 0 Å². The summed E-state index contributed by atoms with van der Waals surface area (Å²) in [6.07, 6.45) is 7.10. The highest BCUT2D eigenvalue weighted by Crippen LogP contribution is 2.47. The second-order valence-corrected chi connectivity index (χ2v) is 19.0. The molecule has 0 radical (unpaired) electrons. The first-order chi connectivity index (χ1) is 26.9. The summed E-state index contributed by atoms with van der Waals surface area (Å²) < 4.78 is 0. The molecule has 0 amide bonds. The highest BCUT2D eigenvalue weighted by atomic mass is 14.4. The highest BCUT2D eigenvalue weighted by molar-refractivity contribution is 5.50. The van der Waals surface area contributed by atoms with Crippen molar-refractivity contribution < 1.29 is 0 Å². The maximum absolute atomic E-state index is 2.37. The van der Waals surface area contributed by atoms with Crippen LogP contribution in [0.3, 0.4) is 0 Å². The number of rotatable bonds is 1. The summed E-state index contributed by atoms with van der Waals surface area (Å²) in [6.45, 7) is 18.8. The zero-order chi connectivity index (χ0) is 39.5. The number of benzene rings is 6. The molecule has 0 spiro atoms. The Kier molecular flexibility index (Phi) is 11.9. The van der Waals surface area contributed by atoms with E-state index in [-0.39, 0.29) is 10.8 Å². The Labute approximate surface area is 339 Å². The van der Waals surface area contributed by atoms with Gasteiger partial charge in [-0.25, -0.2) is 0 Å². The molecule has 3 aliphatic carbocycles. The summed E-state index contributed by atoms with van der Waals surface area (Å²) in [7, 11) is 0. The third-order valence-corrected chi connectivity index (χ3v) is 12.6. The molecule has 0 atom stereocenters. The van der Waals surface area contributed by atoms with Gasteiger partial charge in [0.2, 0.25) is 0 Å². The SMILES string of the molecule is CC(C)(C)C1c2ccccc2CCCc2ccccc21.CC(C)(C)C1c2ccccc2Cc2ccccc21.CC(C)C1c2ccccc2CCc2ccccc21. The molecule has 6 aromatic carbocycles. The minimum absolute atomic E-state index is 0.240. The predicted molar refractivity (Wildman–Crippen MR) is 240 cm³/mol. The predicted octanol–water partition coefficient (Wildman–Crippen LogP) is 14.7. The van der Waals surface area contributed by atoms with Gasteiger partial charge in [-0.2, -0.15) is 0 Å². The molecule has 0 saturated carbocycles. The van der Waals surface area contributed by atoms with Gasteiger partial charge in [0.15, 0.2) is 0 Å². The Morgan fingerprint density at radius 1 is 0.357 bits per heavy atom. The van der Waals surface area contributed by atoms with Gasteiger partial charge in [-0.15, -0.1) is 0 Å². The Balaban J connectivity index is 0.000000129. The van der Waals surface area contributed by atoms with Crippen LogP contribution < -0.4 is 0 Å². The first-order valence-corrected chi connectivity index (χ1v) is 21.4. The molecule has 0 unspecified atom stereocenters. The van der Waals surface area contributed by atoms with Gasteiger partial charge < -0.3 is 0 Å². The summed E-state index contributed by atoms with van der Waals surface area (Å²) in [5, 5.41) is 0. The van der Waals surface area contributed by atoms with Crippen LogP contribution in [0.1, 0.15) is 146 Å². The summed E-state index contributed by atoms with van der Waals surface area (Å²) >= 11 is 0. The lowest BCUT2D eigenvalue weighted by Crippen LogP contribution is -2.25. The van der Waals surface area contributed by atoms with Crippen LogP contribution in [0, 0.1) is 16.7 Å². The van der Waals surface area contributed by atoms with Gasteiger partial charge in [-0.1, -0.05) is 201 Å². The van der Waals surface area contributed by atoms with Crippen molar-refractivity contribution in [3.8, 4) is 0 Å². The second-order valence-electron chi connectivity index (χ2n) is 19.0. The number of fused-ring (bicyclic) bond motifs is 6.